The molecule has 0 bridgehead atoms. The van der Waals surface area contributed by atoms with Crippen LogP contribution in [-0.4, -0.2) is 48.7 Å². The minimum atomic E-state index is -0.0223. The lowest BCUT2D eigenvalue weighted by molar-refractivity contribution is 0.0962. The number of rotatable bonds is 8. The van der Waals surface area contributed by atoms with Crippen LogP contribution < -0.4 is 9.47 Å². The molecule has 37 heavy (non-hydrogen) atoms. The molecule has 0 radical (unpaired) electrons. The zero-order valence-corrected chi connectivity index (χ0v) is 22.8. The normalized spacial score (nSPS) is 19.3. The number of methoxy groups -OCH3 is 2. The SMILES string of the molecule is COc1cccc(C(=O)n2c(C)c(CCN3CCCCC3CC3CCCCC3)c3cc(OC)ccc32)c1. The predicted octanol–water partition coefficient (Wildman–Crippen LogP) is 7.02. The van der Waals surface area contributed by atoms with Crippen molar-refractivity contribution in [3.8, 4) is 11.5 Å². The number of carbonyl (C=O) groups is 1. The van der Waals surface area contributed by atoms with Gasteiger partial charge in [0.25, 0.3) is 5.91 Å². The summed E-state index contributed by atoms with van der Waals surface area (Å²) in [5.74, 6) is 2.41. The maximum atomic E-state index is 13.8. The Bertz CT molecular complexity index is 1220. The van der Waals surface area contributed by atoms with Gasteiger partial charge in [0.1, 0.15) is 11.5 Å². The third-order valence-electron chi connectivity index (χ3n) is 8.79. The molecular weight excluding hydrogens is 460 g/mol. The minimum absolute atomic E-state index is 0.0223. The van der Waals surface area contributed by atoms with E-state index in [-0.39, 0.29) is 5.91 Å². The minimum Gasteiger partial charge on any atom is -0.497 e. The van der Waals surface area contributed by atoms with Gasteiger partial charge in [-0.15, -0.1) is 0 Å². The Hall–Kier alpha value is -2.79. The van der Waals surface area contributed by atoms with E-state index >= 15 is 0 Å². The molecule has 5 rings (SSSR count). The average Bonchev–Trinajstić information content (AvgIpc) is 3.22. The second-order valence-corrected chi connectivity index (χ2v) is 11.0. The topological polar surface area (TPSA) is 43.7 Å². The van der Waals surface area contributed by atoms with Crippen LogP contribution in [0.5, 0.6) is 11.5 Å². The first-order valence-electron chi connectivity index (χ1n) is 14.2. The molecule has 0 N–H and O–H groups in total. The van der Waals surface area contributed by atoms with Crippen molar-refractivity contribution in [2.75, 3.05) is 27.3 Å². The van der Waals surface area contributed by atoms with Crippen LogP contribution in [0.1, 0.15) is 79.4 Å². The molecule has 2 aliphatic rings. The standard InChI is InChI=1S/C32H42N2O3/c1-23-29(17-19-33-18-8-7-13-26(33)20-24-10-5-4-6-11-24)30-22-28(37-3)15-16-31(30)34(23)32(35)25-12-9-14-27(21-25)36-2/h9,12,14-16,21-22,24,26H,4-8,10-11,13,17-20H2,1-3H3. The van der Waals surface area contributed by atoms with E-state index in [0.29, 0.717) is 17.4 Å². The number of hydrogen-bond acceptors (Lipinski definition) is 4. The zero-order valence-electron chi connectivity index (χ0n) is 22.8. The second-order valence-electron chi connectivity index (χ2n) is 11.0. The summed E-state index contributed by atoms with van der Waals surface area (Å²) in [6, 6.07) is 14.2. The molecule has 1 aliphatic carbocycles. The van der Waals surface area contributed by atoms with Gasteiger partial charge >= 0.3 is 0 Å². The van der Waals surface area contributed by atoms with E-state index in [2.05, 4.69) is 17.9 Å². The molecule has 1 unspecified atom stereocenters. The first-order valence-corrected chi connectivity index (χ1v) is 14.2. The van der Waals surface area contributed by atoms with Gasteiger partial charge in [-0.3, -0.25) is 9.36 Å². The number of hydrogen-bond donors (Lipinski definition) is 0. The van der Waals surface area contributed by atoms with Crippen molar-refractivity contribution >= 4 is 16.8 Å². The number of aromatic nitrogens is 1. The van der Waals surface area contributed by atoms with E-state index in [4.69, 9.17) is 9.47 Å². The Morgan fingerprint density at radius 3 is 2.46 bits per heavy atom. The summed E-state index contributed by atoms with van der Waals surface area (Å²) in [7, 11) is 3.34. The monoisotopic (exact) mass is 502 g/mol. The van der Waals surface area contributed by atoms with Gasteiger partial charge in [-0.05, 0) is 87.0 Å². The number of ether oxygens (including phenoxy) is 2. The predicted molar refractivity (Wildman–Crippen MR) is 150 cm³/mol. The van der Waals surface area contributed by atoms with Crippen LogP contribution >= 0.6 is 0 Å². The number of benzene rings is 2. The van der Waals surface area contributed by atoms with Gasteiger partial charge in [-0.1, -0.05) is 44.6 Å². The highest BCUT2D eigenvalue weighted by molar-refractivity contribution is 6.04. The molecule has 2 heterocycles. The quantitative estimate of drug-likeness (QED) is 0.332. The van der Waals surface area contributed by atoms with Crippen LogP contribution in [0.15, 0.2) is 42.5 Å². The van der Waals surface area contributed by atoms with Gasteiger partial charge in [0.05, 0.1) is 19.7 Å². The Morgan fingerprint density at radius 2 is 1.68 bits per heavy atom. The van der Waals surface area contributed by atoms with Gasteiger partial charge in [0.2, 0.25) is 0 Å². The van der Waals surface area contributed by atoms with Gasteiger partial charge in [-0.2, -0.15) is 0 Å². The molecule has 1 saturated carbocycles. The summed E-state index contributed by atoms with van der Waals surface area (Å²) < 4.78 is 12.8. The lowest BCUT2D eigenvalue weighted by Gasteiger charge is -2.38. The van der Waals surface area contributed by atoms with Crippen LogP contribution in [0, 0.1) is 12.8 Å². The molecule has 1 aromatic heterocycles. The fraction of sp³-hybridized carbons (Fsp3) is 0.531. The average molecular weight is 503 g/mol. The lowest BCUT2D eigenvalue weighted by Crippen LogP contribution is -2.42. The summed E-state index contributed by atoms with van der Waals surface area (Å²) >= 11 is 0. The number of fused-ring (bicyclic) bond motifs is 1. The largest absolute Gasteiger partial charge is 0.497 e. The van der Waals surface area contributed by atoms with E-state index < -0.39 is 0 Å². The molecule has 198 valence electrons. The molecule has 3 aromatic rings. The van der Waals surface area contributed by atoms with Gasteiger partial charge < -0.3 is 14.4 Å². The van der Waals surface area contributed by atoms with Crippen LogP contribution in [0.2, 0.25) is 0 Å². The van der Waals surface area contributed by atoms with Crippen molar-refractivity contribution in [1.29, 1.82) is 0 Å². The van der Waals surface area contributed by atoms with Gasteiger partial charge in [0, 0.05) is 29.2 Å². The zero-order chi connectivity index (χ0) is 25.8. The Labute approximate surface area is 221 Å². The van der Waals surface area contributed by atoms with Gasteiger partial charge in [0.15, 0.2) is 0 Å². The number of likely N-dealkylation sites (tertiary alicyclic amines) is 1. The molecule has 0 spiro atoms. The molecule has 2 aromatic carbocycles. The molecule has 5 heteroatoms. The van der Waals surface area contributed by atoms with Crippen molar-refractivity contribution in [2.45, 2.75) is 77.2 Å². The van der Waals surface area contributed by atoms with E-state index in [1.807, 2.05) is 41.0 Å². The summed E-state index contributed by atoms with van der Waals surface area (Å²) in [6.45, 7) is 4.33. The van der Waals surface area contributed by atoms with E-state index in [0.717, 1.165) is 41.2 Å². The highest BCUT2D eigenvalue weighted by Crippen LogP contribution is 2.34. The first kappa shape index (κ1) is 25.8. The molecular formula is C32H42N2O3. The lowest BCUT2D eigenvalue weighted by atomic mass is 9.82. The van der Waals surface area contributed by atoms with Gasteiger partial charge in [-0.25, -0.2) is 0 Å². The van der Waals surface area contributed by atoms with Crippen LogP contribution in [-0.2, 0) is 6.42 Å². The van der Waals surface area contributed by atoms with E-state index in [1.165, 1.54) is 69.9 Å². The van der Waals surface area contributed by atoms with Crippen LogP contribution in [0.25, 0.3) is 10.9 Å². The number of nitrogens with zero attached hydrogens (tertiary/aromatic N) is 2. The van der Waals surface area contributed by atoms with E-state index in [9.17, 15) is 4.79 Å². The van der Waals surface area contributed by atoms with Crippen LogP contribution in [0.4, 0.5) is 0 Å². The fourth-order valence-corrected chi connectivity index (χ4v) is 6.74. The second kappa shape index (κ2) is 11.7. The summed E-state index contributed by atoms with van der Waals surface area (Å²) in [5, 5.41) is 1.12. The highest BCUT2D eigenvalue weighted by atomic mass is 16.5. The summed E-state index contributed by atoms with van der Waals surface area (Å²) in [6.07, 6.45) is 13.4. The number of carbonyl (C=O) groups excluding carboxylic acids is 1. The smallest absolute Gasteiger partial charge is 0.262 e. The fourth-order valence-electron chi connectivity index (χ4n) is 6.74. The maximum Gasteiger partial charge on any atom is 0.262 e. The van der Waals surface area contributed by atoms with E-state index in [1.54, 1.807) is 14.2 Å². The van der Waals surface area contributed by atoms with Crippen molar-refractivity contribution in [1.82, 2.24) is 9.47 Å². The molecule has 1 saturated heterocycles. The summed E-state index contributed by atoms with van der Waals surface area (Å²) in [5.41, 5.74) is 3.85. The molecule has 1 aliphatic heterocycles. The Morgan fingerprint density at radius 1 is 0.919 bits per heavy atom. The first-order chi connectivity index (χ1) is 18.1. The highest BCUT2D eigenvalue weighted by Gasteiger charge is 2.27. The van der Waals surface area contributed by atoms with Crippen molar-refractivity contribution in [2.24, 2.45) is 5.92 Å². The maximum absolute atomic E-state index is 13.8. The number of piperidine rings is 1. The Balaban J connectivity index is 1.43. The van der Waals surface area contributed by atoms with Crippen LogP contribution in [0.3, 0.4) is 0 Å². The van der Waals surface area contributed by atoms with Crippen molar-refractivity contribution in [3.05, 3.63) is 59.3 Å². The van der Waals surface area contributed by atoms with Crippen molar-refractivity contribution < 1.29 is 14.3 Å². The molecule has 2 fully saturated rings. The molecule has 0 amide bonds. The Kier molecular flexibility index (Phi) is 8.19. The summed E-state index contributed by atoms with van der Waals surface area (Å²) in [4.78, 5) is 16.5. The molecule has 1 atom stereocenters. The van der Waals surface area contributed by atoms with Crippen molar-refractivity contribution in [3.63, 3.8) is 0 Å². The third-order valence-corrected chi connectivity index (χ3v) is 8.79. The third kappa shape index (κ3) is 5.57. The molecule has 5 nitrogen and oxygen atoms in total.